The topological polar surface area (TPSA) is 39.2 Å². The Balaban J connectivity index is 2.02. The van der Waals surface area contributed by atoms with Crippen LogP contribution in [-0.2, 0) is 9.22 Å². The summed E-state index contributed by atoms with van der Waals surface area (Å²) in [7, 11) is -2.75. The number of thioether (sulfide) groups is 1. The number of pyridine rings is 1. The van der Waals surface area contributed by atoms with Crippen molar-refractivity contribution in [3.05, 3.63) is 85.1 Å². The van der Waals surface area contributed by atoms with Crippen molar-refractivity contribution >= 4 is 35.6 Å². The first-order valence-electron chi connectivity index (χ1n) is 9.76. The summed E-state index contributed by atoms with van der Waals surface area (Å²) >= 11 is 1.14. The second-order valence-electron chi connectivity index (χ2n) is 8.01. The van der Waals surface area contributed by atoms with E-state index in [1.165, 1.54) is 10.4 Å². The van der Waals surface area contributed by atoms with Gasteiger partial charge in [-0.25, -0.2) is 4.98 Å². The van der Waals surface area contributed by atoms with Crippen molar-refractivity contribution in [2.24, 2.45) is 0 Å². The molecular weight excluding hydrogens is 394 g/mol. The third-order valence-corrected chi connectivity index (χ3v) is 11.0. The number of carbonyl (C=O) groups excluding carboxylic acids is 1. The van der Waals surface area contributed by atoms with E-state index in [2.05, 4.69) is 50.0 Å². The summed E-state index contributed by atoms with van der Waals surface area (Å²) < 4.78 is 6.85. The summed E-state index contributed by atoms with van der Waals surface area (Å²) in [5.74, 6) is 0. The molecule has 29 heavy (non-hydrogen) atoms. The molecule has 5 heteroatoms. The third-order valence-electron chi connectivity index (χ3n) is 4.95. The molecule has 0 radical (unpaired) electrons. The lowest BCUT2D eigenvalue weighted by Crippen LogP contribution is -2.68. The van der Waals surface area contributed by atoms with E-state index in [0.29, 0.717) is 5.03 Å². The molecule has 2 aromatic carbocycles. The van der Waals surface area contributed by atoms with Gasteiger partial charge in [-0.3, -0.25) is 4.79 Å². The zero-order valence-corrected chi connectivity index (χ0v) is 19.1. The molecule has 1 aromatic heterocycles. The van der Waals surface area contributed by atoms with Gasteiger partial charge in [-0.15, -0.1) is 0 Å². The maximum atomic E-state index is 13.0. The molecule has 0 bridgehead atoms. The van der Waals surface area contributed by atoms with Gasteiger partial charge >= 0.3 is 0 Å². The number of nitrogens with zero attached hydrogens (tertiary/aromatic N) is 1. The maximum absolute atomic E-state index is 13.0. The molecule has 3 aromatic rings. The molecule has 0 saturated carbocycles. The van der Waals surface area contributed by atoms with Crippen LogP contribution in [0.2, 0.25) is 5.04 Å². The van der Waals surface area contributed by atoms with E-state index < -0.39 is 14.4 Å². The van der Waals surface area contributed by atoms with E-state index in [9.17, 15) is 4.79 Å². The van der Waals surface area contributed by atoms with Crippen molar-refractivity contribution in [3.63, 3.8) is 0 Å². The molecule has 0 amide bonds. The lowest BCUT2D eigenvalue weighted by Gasteiger charge is -2.44. The molecule has 1 heterocycles. The highest BCUT2D eigenvalue weighted by Crippen LogP contribution is 2.38. The second kappa shape index (κ2) is 9.07. The van der Waals surface area contributed by atoms with Gasteiger partial charge in [0.2, 0.25) is 5.12 Å². The Morgan fingerprint density at radius 1 is 0.897 bits per heavy atom. The van der Waals surface area contributed by atoms with Crippen molar-refractivity contribution in [1.29, 1.82) is 0 Å². The smallest absolute Gasteiger partial charge is 0.262 e. The van der Waals surface area contributed by atoms with Crippen LogP contribution in [-0.4, -0.2) is 24.5 Å². The Hall–Kier alpha value is -2.21. The largest absolute Gasteiger partial charge is 0.397 e. The van der Waals surface area contributed by atoms with Gasteiger partial charge in [-0.1, -0.05) is 87.5 Å². The van der Waals surface area contributed by atoms with Crippen LogP contribution in [0.25, 0.3) is 0 Å². The molecule has 1 atom stereocenters. The average molecular weight is 422 g/mol. The maximum Gasteiger partial charge on any atom is 0.262 e. The number of aromatic nitrogens is 1. The Labute approximate surface area is 178 Å². The summed E-state index contributed by atoms with van der Waals surface area (Å²) in [5.41, 5.74) is 0. The van der Waals surface area contributed by atoms with Crippen LogP contribution in [0, 0.1) is 0 Å². The number of hydrogen-bond acceptors (Lipinski definition) is 4. The van der Waals surface area contributed by atoms with Crippen molar-refractivity contribution in [3.8, 4) is 0 Å². The number of hydrogen-bond donors (Lipinski definition) is 0. The molecule has 0 aliphatic carbocycles. The molecular formula is C24H27NO2SSi. The van der Waals surface area contributed by atoms with Gasteiger partial charge in [-0.05, 0) is 46.2 Å². The van der Waals surface area contributed by atoms with Gasteiger partial charge < -0.3 is 4.43 Å². The van der Waals surface area contributed by atoms with E-state index in [1.807, 2.05) is 61.5 Å². The minimum Gasteiger partial charge on any atom is -0.397 e. The molecule has 3 nitrogen and oxygen atoms in total. The van der Waals surface area contributed by atoms with Crippen molar-refractivity contribution in [1.82, 2.24) is 4.98 Å². The SMILES string of the molecule is C[C@H](O[Si](c1ccccc1)(c1ccccc1)C(C)(C)C)C(=O)Sc1ccccn1. The molecule has 0 saturated heterocycles. The van der Waals surface area contributed by atoms with E-state index in [-0.39, 0.29) is 10.2 Å². The number of carbonyl (C=O) groups is 1. The molecule has 0 N–H and O–H groups in total. The molecule has 3 rings (SSSR count). The molecule has 0 fully saturated rings. The van der Waals surface area contributed by atoms with Gasteiger partial charge in [0.1, 0.15) is 11.1 Å². The number of benzene rings is 2. The second-order valence-corrected chi connectivity index (χ2v) is 13.3. The lowest BCUT2D eigenvalue weighted by atomic mass is 10.2. The van der Waals surface area contributed by atoms with E-state index in [1.54, 1.807) is 6.20 Å². The Bertz CT molecular complexity index is 888. The number of rotatable bonds is 6. The highest BCUT2D eigenvalue weighted by atomic mass is 32.2. The minimum atomic E-state index is -2.75. The average Bonchev–Trinajstić information content (AvgIpc) is 2.73. The van der Waals surface area contributed by atoms with Gasteiger partial charge in [0.25, 0.3) is 8.32 Å². The van der Waals surface area contributed by atoms with Crippen molar-refractivity contribution in [2.75, 3.05) is 0 Å². The van der Waals surface area contributed by atoms with Gasteiger partial charge in [0.05, 0.1) is 0 Å². The highest BCUT2D eigenvalue weighted by molar-refractivity contribution is 8.13. The Kier molecular flexibility index (Phi) is 6.73. The Morgan fingerprint density at radius 2 is 1.41 bits per heavy atom. The highest BCUT2D eigenvalue weighted by Gasteiger charge is 2.51. The van der Waals surface area contributed by atoms with Crippen molar-refractivity contribution in [2.45, 2.75) is 43.9 Å². The monoisotopic (exact) mass is 421 g/mol. The van der Waals surface area contributed by atoms with Crippen LogP contribution in [0.15, 0.2) is 90.1 Å². The van der Waals surface area contributed by atoms with E-state index in [4.69, 9.17) is 4.43 Å². The minimum absolute atomic E-state index is 0.0308. The van der Waals surface area contributed by atoms with Gasteiger partial charge in [-0.2, -0.15) is 0 Å². The van der Waals surface area contributed by atoms with Crippen LogP contribution in [0.4, 0.5) is 0 Å². The molecule has 0 aliphatic rings. The van der Waals surface area contributed by atoms with Crippen LogP contribution in [0.1, 0.15) is 27.7 Å². The predicted octanol–water partition coefficient (Wildman–Crippen LogP) is 4.67. The zero-order chi connectivity index (χ0) is 20.9. The summed E-state index contributed by atoms with van der Waals surface area (Å²) in [6.45, 7) is 8.49. The summed E-state index contributed by atoms with van der Waals surface area (Å²) in [4.78, 5) is 17.3. The molecule has 150 valence electrons. The van der Waals surface area contributed by atoms with E-state index in [0.717, 1.165) is 11.8 Å². The Morgan fingerprint density at radius 3 is 1.86 bits per heavy atom. The molecule has 0 aliphatic heterocycles. The van der Waals surface area contributed by atoms with Crippen molar-refractivity contribution < 1.29 is 9.22 Å². The first kappa shape index (κ1) is 21.5. The normalized spacial score (nSPS) is 13.1. The van der Waals surface area contributed by atoms with Crippen LogP contribution in [0.5, 0.6) is 0 Å². The van der Waals surface area contributed by atoms with Crippen LogP contribution >= 0.6 is 11.8 Å². The first-order valence-corrected chi connectivity index (χ1v) is 12.5. The summed E-state index contributed by atoms with van der Waals surface area (Å²) in [5, 5.41) is 2.83. The fourth-order valence-electron chi connectivity index (χ4n) is 3.60. The van der Waals surface area contributed by atoms with Gasteiger partial charge in [0.15, 0.2) is 0 Å². The summed E-state index contributed by atoms with van der Waals surface area (Å²) in [6.07, 6.45) is 1.14. The fraction of sp³-hybridized carbons (Fsp3) is 0.250. The molecule has 0 spiro atoms. The van der Waals surface area contributed by atoms with Crippen LogP contribution in [0.3, 0.4) is 0 Å². The third kappa shape index (κ3) is 4.69. The quantitative estimate of drug-likeness (QED) is 0.428. The first-order chi connectivity index (χ1) is 13.8. The fourth-order valence-corrected chi connectivity index (χ4v) is 9.02. The standard InChI is InChI=1S/C24H27NO2SSi/c1-19(23(26)28-22-17-11-12-18-25-22)27-29(24(2,3)4,20-13-7-5-8-14-20)21-15-9-6-10-16-21/h5-19H,1-4H3/t19-/m0/s1. The lowest BCUT2D eigenvalue weighted by molar-refractivity contribution is -0.116. The van der Waals surface area contributed by atoms with Crippen LogP contribution < -0.4 is 10.4 Å². The van der Waals surface area contributed by atoms with E-state index >= 15 is 0 Å². The zero-order valence-electron chi connectivity index (χ0n) is 17.3. The molecule has 0 unspecified atom stereocenters. The predicted molar refractivity (Wildman–Crippen MR) is 123 cm³/mol. The van der Waals surface area contributed by atoms with Gasteiger partial charge in [0, 0.05) is 6.20 Å². The summed E-state index contributed by atoms with van der Waals surface area (Å²) in [6, 6.07) is 26.3.